The van der Waals surface area contributed by atoms with Crippen molar-refractivity contribution in [1.29, 1.82) is 0 Å². The third-order valence-corrected chi connectivity index (χ3v) is 4.47. The van der Waals surface area contributed by atoms with Gasteiger partial charge < -0.3 is 10.9 Å². The molecule has 9 nitrogen and oxygen atoms in total. The summed E-state index contributed by atoms with van der Waals surface area (Å²) >= 11 is 3.01. The normalized spacial score (nSPS) is 14.7. The molecule has 0 amide bonds. The van der Waals surface area contributed by atoms with Crippen LogP contribution in [0.4, 0.5) is 0 Å². The molecule has 0 aliphatic carbocycles. The van der Waals surface area contributed by atoms with Crippen LogP contribution < -0.4 is 10.5 Å². The van der Waals surface area contributed by atoms with Crippen molar-refractivity contribution in [2.24, 2.45) is 17.9 Å². The number of nitrogens with one attached hydrogen (secondary N) is 1. The van der Waals surface area contributed by atoms with Gasteiger partial charge in [-0.05, 0) is 22.9 Å². The molecule has 11 heteroatoms. The minimum absolute atomic E-state index is 0.0626. The highest BCUT2D eigenvalue weighted by Gasteiger charge is 2.25. The largest absolute Gasteiger partial charge is 0.409 e. The Morgan fingerprint density at radius 3 is 2.78 bits per heavy atom. The van der Waals surface area contributed by atoms with E-state index in [1.54, 1.807) is 6.92 Å². The predicted octanol–water partition coefficient (Wildman–Crippen LogP) is -0.619. The zero-order valence-electron chi connectivity index (χ0n) is 9.70. The van der Waals surface area contributed by atoms with Gasteiger partial charge in [0.15, 0.2) is 4.60 Å². The molecule has 1 unspecified atom stereocenters. The zero-order chi connectivity index (χ0) is 13.9. The lowest BCUT2D eigenvalue weighted by Crippen LogP contribution is -2.36. The van der Waals surface area contributed by atoms with E-state index in [0.717, 1.165) is 4.68 Å². The molecular formula is C7H13BrN6O3S. The molecule has 102 valence electrons. The van der Waals surface area contributed by atoms with E-state index in [2.05, 4.69) is 36.1 Å². The average molecular weight is 341 g/mol. The summed E-state index contributed by atoms with van der Waals surface area (Å²) < 4.78 is 27.7. The maximum absolute atomic E-state index is 12.0. The minimum atomic E-state index is -3.78. The smallest absolute Gasteiger partial charge is 0.260 e. The van der Waals surface area contributed by atoms with Gasteiger partial charge in [0.25, 0.3) is 10.0 Å². The molecule has 0 saturated heterocycles. The number of halogens is 1. The van der Waals surface area contributed by atoms with Crippen LogP contribution in [0.5, 0.6) is 0 Å². The Balaban J connectivity index is 2.90. The highest BCUT2D eigenvalue weighted by atomic mass is 79.9. The average Bonchev–Trinajstić information content (AvgIpc) is 2.57. The fourth-order valence-corrected chi connectivity index (χ4v) is 3.66. The SMILES string of the molecule is CC(CC(N)=NO)NS(=O)(=O)c1c(Br)nnn1C. The van der Waals surface area contributed by atoms with Crippen molar-refractivity contribution in [3.05, 3.63) is 4.60 Å². The lowest BCUT2D eigenvalue weighted by Gasteiger charge is -2.13. The lowest BCUT2D eigenvalue weighted by molar-refractivity contribution is 0.316. The zero-order valence-corrected chi connectivity index (χ0v) is 12.1. The summed E-state index contributed by atoms with van der Waals surface area (Å²) in [5.41, 5.74) is 5.30. The van der Waals surface area contributed by atoms with Crippen molar-refractivity contribution in [3.8, 4) is 0 Å². The van der Waals surface area contributed by atoms with Crippen LogP contribution in [0.2, 0.25) is 0 Å². The van der Waals surface area contributed by atoms with Crippen molar-refractivity contribution in [2.75, 3.05) is 0 Å². The number of rotatable bonds is 5. The van der Waals surface area contributed by atoms with Crippen LogP contribution in [0.25, 0.3) is 0 Å². The number of aryl methyl sites for hydroxylation is 1. The predicted molar refractivity (Wildman–Crippen MR) is 66.5 cm³/mol. The molecule has 1 rings (SSSR count). The van der Waals surface area contributed by atoms with Gasteiger partial charge in [0.05, 0.1) is 0 Å². The van der Waals surface area contributed by atoms with Crippen LogP contribution in [0.3, 0.4) is 0 Å². The van der Waals surface area contributed by atoms with Crippen LogP contribution in [0, 0.1) is 0 Å². The van der Waals surface area contributed by atoms with Gasteiger partial charge in [0.1, 0.15) is 5.84 Å². The topological polar surface area (TPSA) is 135 Å². The Bertz CT molecular complexity index is 534. The molecule has 0 fully saturated rings. The van der Waals surface area contributed by atoms with Gasteiger partial charge in [0.2, 0.25) is 5.03 Å². The number of nitrogens with two attached hydrogens (primary N) is 1. The number of hydrogen-bond donors (Lipinski definition) is 3. The molecule has 1 heterocycles. The lowest BCUT2D eigenvalue weighted by atomic mass is 10.2. The van der Waals surface area contributed by atoms with Crippen molar-refractivity contribution in [2.45, 2.75) is 24.4 Å². The first-order chi connectivity index (χ1) is 8.27. The van der Waals surface area contributed by atoms with E-state index in [1.165, 1.54) is 7.05 Å². The number of oxime groups is 1. The third-order valence-electron chi connectivity index (χ3n) is 1.99. The summed E-state index contributed by atoms with van der Waals surface area (Å²) in [6.45, 7) is 1.59. The fourth-order valence-electron chi connectivity index (χ4n) is 1.32. The van der Waals surface area contributed by atoms with Gasteiger partial charge in [-0.3, -0.25) is 0 Å². The molecule has 0 aliphatic rings. The first-order valence-corrected chi connectivity index (χ1v) is 7.09. The van der Waals surface area contributed by atoms with Gasteiger partial charge in [-0.2, -0.15) is 0 Å². The van der Waals surface area contributed by atoms with Crippen LogP contribution in [-0.4, -0.2) is 40.5 Å². The van der Waals surface area contributed by atoms with E-state index in [0.29, 0.717) is 0 Å². The van der Waals surface area contributed by atoms with E-state index in [9.17, 15) is 8.42 Å². The minimum Gasteiger partial charge on any atom is -0.409 e. The summed E-state index contributed by atoms with van der Waals surface area (Å²) in [4.78, 5) is 0. The number of amidine groups is 1. The molecule has 4 N–H and O–H groups in total. The van der Waals surface area contributed by atoms with Gasteiger partial charge in [-0.1, -0.05) is 10.4 Å². The second kappa shape index (κ2) is 5.63. The second-order valence-electron chi connectivity index (χ2n) is 3.63. The molecular weight excluding hydrogens is 328 g/mol. The monoisotopic (exact) mass is 340 g/mol. The van der Waals surface area contributed by atoms with E-state index in [4.69, 9.17) is 10.9 Å². The molecule has 0 aromatic carbocycles. The molecule has 0 spiro atoms. The van der Waals surface area contributed by atoms with Crippen molar-refractivity contribution >= 4 is 31.8 Å². The Morgan fingerprint density at radius 1 is 1.72 bits per heavy atom. The second-order valence-corrected chi connectivity index (χ2v) is 6.01. The molecule has 18 heavy (non-hydrogen) atoms. The standard InChI is InChI=1S/C7H13BrN6O3S/c1-4(3-5(9)11-15)12-18(16,17)7-6(8)10-13-14(7)2/h4,12,15H,3H2,1-2H3,(H2,9,11). The Labute approximate surface area is 112 Å². The van der Waals surface area contributed by atoms with E-state index in [-0.39, 0.29) is 21.9 Å². The van der Waals surface area contributed by atoms with Crippen molar-refractivity contribution < 1.29 is 13.6 Å². The van der Waals surface area contributed by atoms with Crippen LogP contribution in [0.1, 0.15) is 13.3 Å². The fraction of sp³-hybridized carbons (Fsp3) is 0.571. The first kappa shape index (κ1) is 14.9. The van der Waals surface area contributed by atoms with Crippen molar-refractivity contribution in [1.82, 2.24) is 19.7 Å². The number of sulfonamides is 1. The first-order valence-electron chi connectivity index (χ1n) is 4.82. The van der Waals surface area contributed by atoms with Crippen molar-refractivity contribution in [3.63, 3.8) is 0 Å². The van der Waals surface area contributed by atoms with Gasteiger partial charge >= 0.3 is 0 Å². The Kier molecular flexibility index (Phi) is 4.65. The maximum Gasteiger partial charge on any atom is 0.260 e. The van der Waals surface area contributed by atoms with E-state index < -0.39 is 16.1 Å². The quantitative estimate of drug-likeness (QED) is 0.283. The van der Waals surface area contributed by atoms with Crippen LogP contribution in [0.15, 0.2) is 14.8 Å². The van der Waals surface area contributed by atoms with Gasteiger partial charge in [0, 0.05) is 19.5 Å². The summed E-state index contributed by atoms with van der Waals surface area (Å²) in [6.07, 6.45) is 0.0820. The number of aromatic nitrogens is 3. The van der Waals surface area contributed by atoms with E-state index in [1.807, 2.05) is 0 Å². The maximum atomic E-state index is 12.0. The third kappa shape index (κ3) is 3.40. The summed E-state index contributed by atoms with van der Waals surface area (Å²) in [5, 5.41) is 18.3. The van der Waals surface area contributed by atoms with Gasteiger partial charge in [-0.25, -0.2) is 17.8 Å². The van der Waals surface area contributed by atoms with Gasteiger partial charge in [-0.15, -0.1) is 5.10 Å². The molecule has 0 aliphatic heterocycles. The Morgan fingerprint density at radius 2 is 2.33 bits per heavy atom. The summed E-state index contributed by atoms with van der Waals surface area (Å²) in [7, 11) is -2.32. The molecule has 1 aromatic heterocycles. The van der Waals surface area contributed by atoms with Crippen LogP contribution >= 0.6 is 15.9 Å². The number of hydrogen-bond acceptors (Lipinski definition) is 6. The summed E-state index contributed by atoms with van der Waals surface area (Å²) in [5.74, 6) is -0.0626. The molecule has 0 saturated carbocycles. The summed E-state index contributed by atoms with van der Waals surface area (Å²) in [6, 6.07) is -0.535. The highest BCUT2D eigenvalue weighted by molar-refractivity contribution is 9.10. The molecule has 1 aromatic rings. The van der Waals surface area contributed by atoms with E-state index >= 15 is 0 Å². The Hall–Kier alpha value is -1.20. The molecule has 1 atom stereocenters. The molecule has 0 bridgehead atoms. The highest BCUT2D eigenvalue weighted by Crippen LogP contribution is 2.18. The number of nitrogens with zero attached hydrogens (tertiary/aromatic N) is 4. The molecule has 0 radical (unpaired) electrons. The van der Waals surface area contributed by atoms with Crippen LogP contribution in [-0.2, 0) is 17.1 Å².